The number of hydrogen-bond donors (Lipinski definition) is 2. The number of hydrogen-bond acceptors (Lipinski definition) is 4. The fourth-order valence-electron chi connectivity index (χ4n) is 1.55. The predicted molar refractivity (Wildman–Crippen MR) is 81.7 cm³/mol. The van der Waals surface area contributed by atoms with E-state index in [1.807, 2.05) is 27.7 Å². The fraction of sp³-hybridized carbons (Fsp3) is 0.571. The van der Waals surface area contributed by atoms with Crippen LogP contribution in [0.3, 0.4) is 0 Å². The first-order chi connectivity index (χ1) is 9.35. The number of anilines is 1. The standard InChI is InChI=1S/C14H22N2O3S/c1-6-19-13(17)10-7-11(8(2)3)20-12(10)16-14(18)15-9(4)5/h7-9H,6H2,1-5H3,(H2,15,16,18). The van der Waals surface area contributed by atoms with E-state index in [1.165, 1.54) is 11.3 Å². The molecular formula is C14H22N2O3S. The maximum atomic E-state index is 11.9. The smallest absolute Gasteiger partial charge is 0.341 e. The van der Waals surface area contributed by atoms with Crippen LogP contribution in [0.2, 0.25) is 0 Å². The van der Waals surface area contributed by atoms with Gasteiger partial charge in [-0.1, -0.05) is 13.8 Å². The van der Waals surface area contributed by atoms with Crippen LogP contribution in [0.1, 0.15) is 55.8 Å². The molecule has 6 heteroatoms. The molecule has 0 saturated carbocycles. The predicted octanol–water partition coefficient (Wildman–Crippen LogP) is 3.58. The van der Waals surface area contributed by atoms with E-state index in [9.17, 15) is 9.59 Å². The second kappa shape index (κ2) is 7.28. The molecule has 20 heavy (non-hydrogen) atoms. The summed E-state index contributed by atoms with van der Waals surface area (Å²) in [6.07, 6.45) is 0. The highest BCUT2D eigenvalue weighted by atomic mass is 32.1. The molecule has 5 nitrogen and oxygen atoms in total. The normalized spacial score (nSPS) is 10.8. The number of rotatable bonds is 5. The van der Waals surface area contributed by atoms with Crippen molar-refractivity contribution in [1.82, 2.24) is 5.32 Å². The monoisotopic (exact) mass is 298 g/mol. The van der Waals surface area contributed by atoms with Gasteiger partial charge in [0.2, 0.25) is 0 Å². The lowest BCUT2D eigenvalue weighted by Gasteiger charge is -2.10. The number of amides is 2. The van der Waals surface area contributed by atoms with Gasteiger partial charge in [-0.25, -0.2) is 9.59 Å². The number of nitrogens with one attached hydrogen (secondary N) is 2. The minimum atomic E-state index is -0.407. The Hall–Kier alpha value is -1.56. The van der Waals surface area contributed by atoms with E-state index in [4.69, 9.17) is 4.74 Å². The van der Waals surface area contributed by atoms with Crippen LogP contribution < -0.4 is 10.6 Å². The van der Waals surface area contributed by atoms with E-state index in [0.717, 1.165) is 4.88 Å². The van der Waals surface area contributed by atoms with Gasteiger partial charge in [-0.05, 0) is 32.8 Å². The quantitative estimate of drug-likeness (QED) is 0.816. The maximum absolute atomic E-state index is 11.9. The van der Waals surface area contributed by atoms with E-state index in [-0.39, 0.29) is 18.0 Å². The van der Waals surface area contributed by atoms with E-state index >= 15 is 0 Å². The summed E-state index contributed by atoms with van der Waals surface area (Å²) >= 11 is 1.40. The summed E-state index contributed by atoms with van der Waals surface area (Å²) in [5.74, 6) is -0.118. The minimum absolute atomic E-state index is 0.0329. The first-order valence-electron chi connectivity index (χ1n) is 6.73. The van der Waals surface area contributed by atoms with Gasteiger partial charge in [0.05, 0.1) is 12.2 Å². The number of carbonyl (C=O) groups is 2. The highest BCUT2D eigenvalue weighted by Gasteiger charge is 2.20. The average molecular weight is 298 g/mol. The minimum Gasteiger partial charge on any atom is -0.462 e. The molecule has 1 heterocycles. The Bertz CT molecular complexity index is 481. The number of carbonyl (C=O) groups excluding carboxylic acids is 2. The molecule has 0 fully saturated rings. The highest BCUT2D eigenvalue weighted by Crippen LogP contribution is 2.33. The van der Waals surface area contributed by atoms with Gasteiger partial charge in [-0.3, -0.25) is 5.32 Å². The third kappa shape index (κ3) is 4.52. The van der Waals surface area contributed by atoms with Crippen LogP contribution in [0.25, 0.3) is 0 Å². The molecule has 0 aromatic carbocycles. The van der Waals surface area contributed by atoms with Crippen LogP contribution in [0, 0.1) is 0 Å². The van der Waals surface area contributed by atoms with Gasteiger partial charge >= 0.3 is 12.0 Å². The van der Waals surface area contributed by atoms with Crippen molar-refractivity contribution < 1.29 is 14.3 Å². The number of urea groups is 1. The van der Waals surface area contributed by atoms with Crippen molar-refractivity contribution in [2.75, 3.05) is 11.9 Å². The molecule has 0 aliphatic carbocycles. The van der Waals surface area contributed by atoms with Crippen molar-refractivity contribution in [2.24, 2.45) is 0 Å². The summed E-state index contributed by atoms with van der Waals surface area (Å²) in [5.41, 5.74) is 0.416. The maximum Gasteiger partial charge on any atom is 0.341 e. The average Bonchev–Trinajstić information content (AvgIpc) is 2.72. The topological polar surface area (TPSA) is 67.4 Å². The molecule has 0 bridgehead atoms. The lowest BCUT2D eigenvalue weighted by atomic mass is 10.1. The van der Waals surface area contributed by atoms with Crippen molar-refractivity contribution in [1.29, 1.82) is 0 Å². The Balaban J connectivity index is 2.97. The zero-order chi connectivity index (χ0) is 15.3. The first-order valence-corrected chi connectivity index (χ1v) is 7.55. The lowest BCUT2D eigenvalue weighted by Crippen LogP contribution is -2.34. The number of thiophene rings is 1. The first kappa shape index (κ1) is 16.5. The molecule has 112 valence electrons. The van der Waals surface area contributed by atoms with Crippen LogP contribution in [0.4, 0.5) is 9.80 Å². The van der Waals surface area contributed by atoms with Crippen LogP contribution >= 0.6 is 11.3 Å². The van der Waals surface area contributed by atoms with Gasteiger partial charge in [0.15, 0.2) is 0 Å². The second-order valence-corrected chi connectivity index (χ2v) is 6.10. The summed E-state index contributed by atoms with van der Waals surface area (Å²) in [7, 11) is 0. The molecule has 0 atom stereocenters. The Morgan fingerprint density at radius 1 is 1.30 bits per heavy atom. The Labute approximate surface area is 123 Å². The van der Waals surface area contributed by atoms with Gasteiger partial charge in [0.25, 0.3) is 0 Å². The molecule has 0 aliphatic heterocycles. The molecule has 1 rings (SSSR count). The van der Waals surface area contributed by atoms with E-state index < -0.39 is 5.97 Å². The van der Waals surface area contributed by atoms with E-state index in [0.29, 0.717) is 17.2 Å². The Morgan fingerprint density at radius 3 is 2.45 bits per heavy atom. The molecule has 1 aromatic heterocycles. The van der Waals surface area contributed by atoms with Gasteiger partial charge in [0, 0.05) is 10.9 Å². The van der Waals surface area contributed by atoms with Crippen LogP contribution in [-0.2, 0) is 4.74 Å². The Kier molecular flexibility index (Phi) is 6.01. The van der Waals surface area contributed by atoms with Crippen LogP contribution in [0.5, 0.6) is 0 Å². The SMILES string of the molecule is CCOC(=O)c1cc(C(C)C)sc1NC(=O)NC(C)C. The molecule has 2 amide bonds. The molecule has 0 saturated heterocycles. The number of ether oxygens (including phenoxy) is 1. The third-order valence-corrected chi connectivity index (χ3v) is 3.81. The lowest BCUT2D eigenvalue weighted by molar-refractivity contribution is 0.0528. The fourth-order valence-corrected chi connectivity index (χ4v) is 2.59. The molecule has 1 aromatic rings. The van der Waals surface area contributed by atoms with E-state index in [1.54, 1.807) is 13.0 Å². The van der Waals surface area contributed by atoms with Crippen molar-refractivity contribution >= 4 is 28.3 Å². The molecule has 2 N–H and O–H groups in total. The van der Waals surface area contributed by atoms with Crippen molar-refractivity contribution in [3.63, 3.8) is 0 Å². The summed E-state index contributed by atoms with van der Waals surface area (Å²) < 4.78 is 5.02. The van der Waals surface area contributed by atoms with Gasteiger partial charge in [-0.15, -0.1) is 11.3 Å². The highest BCUT2D eigenvalue weighted by molar-refractivity contribution is 7.16. The van der Waals surface area contributed by atoms with Gasteiger partial charge in [0.1, 0.15) is 5.00 Å². The largest absolute Gasteiger partial charge is 0.462 e. The zero-order valence-corrected chi connectivity index (χ0v) is 13.4. The summed E-state index contributed by atoms with van der Waals surface area (Å²) in [6, 6.07) is 1.51. The number of esters is 1. The zero-order valence-electron chi connectivity index (χ0n) is 12.6. The summed E-state index contributed by atoms with van der Waals surface area (Å²) in [4.78, 5) is 24.7. The molecule has 0 spiro atoms. The van der Waals surface area contributed by atoms with Crippen molar-refractivity contribution in [3.8, 4) is 0 Å². The molecule has 0 aliphatic rings. The van der Waals surface area contributed by atoms with Crippen molar-refractivity contribution in [2.45, 2.75) is 46.6 Å². The summed E-state index contributed by atoms with van der Waals surface area (Å²) in [5, 5.41) is 5.99. The van der Waals surface area contributed by atoms with Gasteiger partial charge < -0.3 is 10.1 Å². The summed E-state index contributed by atoms with van der Waals surface area (Å²) in [6.45, 7) is 9.90. The van der Waals surface area contributed by atoms with Crippen LogP contribution in [-0.4, -0.2) is 24.6 Å². The second-order valence-electron chi connectivity index (χ2n) is 5.02. The molecular weight excluding hydrogens is 276 g/mol. The van der Waals surface area contributed by atoms with Gasteiger partial charge in [-0.2, -0.15) is 0 Å². The molecule has 0 radical (unpaired) electrons. The van der Waals surface area contributed by atoms with Crippen molar-refractivity contribution in [3.05, 3.63) is 16.5 Å². The third-order valence-electron chi connectivity index (χ3n) is 2.46. The Morgan fingerprint density at radius 2 is 1.95 bits per heavy atom. The van der Waals surface area contributed by atoms with Crippen LogP contribution in [0.15, 0.2) is 6.07 Å². The molecule has 0 unspecified atom stereocenters. The van der Waals surface area contributed by atoms with E-state index in [2.05, 4.69) is 10.6 Å².